The molecule has 0 amide bonds. The molecule has 0 fully saturated rings. The third-order valence-corrected chi connectivity index (χ3v) is 1.90. The predicted molar refractivity (Wildman–Crippen MR) is 46.4 cm³/mol. The number of aliphatic hydroxyl groups is 1. The summed E-state index contributed by atoms with van der Waals surface area (Å²) in [7, 11) is 0. The van der Waals surface area contributed by atoms with Crippen LogP contribution in [0.1, 0.15) is 11.1 Å². The standard InChI is InChI=1S/C8H6ClF4NO2/c9-2-4-1-5(3-15)6(10)14-7(4)16-8(11,12)13/h1,15H,2-3H2. The molecule has 1 N–H and O–H groups in total. The molecule has 0 saturated heterocycles. The maximum Gasteiger partial charge on any atom is 0.574 e. The molecule has 0 aliphatic carbocycles. The maximum absolute atomic E-state index is 13.0. The van der Waals surface area contributed by atoms with Crippen molar-refractivity contribution in [2.75, 3.05) is 0 Å². The molecule has 0 atom stereocenters. The van der Waals surface area contributed by atoms with E-state index >= 15 is 0 Å². The first-order valence-corrected chi connectivity index (χ1v) is 4.51. The predicted octanol–water partition coefficient (Wildman–Crippen LogP) is 2.35. The highest BCUT2D eigenvalue weighted by atomic mass is 35.5. The summed E-state index contributed by atoms with van der Waals surface area (Å²) in [6.07, 6.45) is -4.97. The normalized spacial score (nSPS) is 11.6. The van der Waals surface area contributed by atoms with Gasteiger partial charge in [-0.25, -0.2) is 0 Å². The molecular formula is C8H6ClF4NO2. The SMILES string of the molecule is OCc1cc(CCl)c(OC(F)(F)F)nc1F. The number of aromatic nitrogens is 1. The minimum atomic E-state index is -4.97. The van der Waals surface area contributed by atoms with Crippen molar-refractivity contribution in [3.05, 3.63) is 23.1 Å². The number of aliphatic hydroxyl groups excluding tert-OH is 1. The second-order valence-corrected chi connectivity index (χ2v) is 3.01. The van der Waals surface area contributed by atoms with Crippen LogP contribution in [0.25, 0.3) is 0 Å². The van der Waals surface area contributed by atoms with Crippen LogP contribution in [0.4, 0.5) is 17.6 Å². The van der Waals surface area contributed by atoms with Gasteiger partial charge >= 0.3 is 6.36 Å². The first kappa shape index (κ1) is 13.0. The Hall–Kier alpha value is -1.08. The van der Waals surface area contributed by atoms with Gasteiger partial charge in [0.25, 0.3) is 0 Å². The number of nitrogens with zero attached hydrogens (tertiary/aromatic N) is 1. The van der Waals surface area contributed by atoms with Crippen LogP contribution in [0.3, 0.4) is 0 Å². The van der Waals surface area contributed by atoms with Gasteiger partial charge in [-0.15, -0.1) is 24.8 Å². The Morgan fingerprint density at radius 2 is 2.00 bits per heavy atom. The van der Waals surface area contributed by atoms with Gasteiger partial charge < -0.3 is 9.84 Å². The number of pyridine rings is 1. The lowest BCUT2D eigenvalue weighted by Crippen LogP contribution is -2.19. The lowest BCUT2D eigenvalue weighted by molar-refractivity contribution is -0.276. The summed E-state index contributed by atoms with van der Waals surface area (Å²) in [5.41, 5.74) is -0.394. The Balaban J connectivity index is 3.13. The van der Waals surface area contributed by atoms with E-state index in [1.165, 1.54) is 0 Å². The molecule has 8 heteroatoms. The van der Waals surface area contributed by atoms with Crippen molar-refractivity contribution in [1.29, 1.82) is 0 Å². The summed E-state index contributed by atoms with van der Waals surface area (Å²) >= 11 is 5.35. The fourth-order valence-electron chi connectivity index (χ4n) is 0.969. The Labute approximate surface area is 92.6 Å². The molecule has 0 unspecified atom stereocenters. The van der Waals surface area contributed by atoms with E-state index in [0.717, 1.165) is 6.07 Å². The van der Waals surface area contributed by atoms with Crippen molar-refractivity contribution in [3.63, 3.8) is 0 Å². The van der Waals surface area contributed by atoms with Crippen molar-refractivity contribution in [2.24, 2.45) is 0 Å². The Morgan fingerprint density at radius 1 is 1.38 bits per heavy atom. The molecule has 0 aliphatic heterocycles. The number of hydrogen-bond acceptors (Lipinski definition) is 3. The summed E-state index contributed by atoms with van der Waals surface area (Å²) < 4.78 is 52.2. The average molecular weight is 260 g/mol. The zero-order chi connectivity index (χ0) is 12.3. The van der Waals surface area contributed by atoms with Gasteiger partial charge in [0.1, 0.15) is 0 Å². The molecule has 3 nitrogen and oxygen atoms in total. The summed E-state index contributed by atoms with van der Waals surface area (Å²) in [6, 6.07) is 0.969. The summed E-state index contributed by atoms with van der Waals surface area (Å²) in [5.74, 6) is -2.51. The zero-order valence-corrected chi connectivity index (χ0v) is 8.44. The molecule has 0 saturated carbocycles. The van der Waals surface area contributed by atoms with Gasteiger partial charge in [-0.2, -0.15) is 9.37 Å². The van der Waals surface area contributed by atoms with Crippen molar-refractivity contribution >= 4 is 11.6 Å². The monoisotopic (exact) mass is 259 g/mol. The molecule has 0 radical (unpaired) electrons. The molecular weight excluding hydrogens is 254 g/mol. The van der Waals surface area contributed by atoms with E-state index in [1.807, 2.05) is 0 Å². The number of ether oxygens (including phenoxy) is 1. The Kier molecular flexibility index (Phi) is 3.93. The van der Waals surface area contributed by atoms with E-state index in [9.17, 15) is 17.6 Å². The molecule has 1 aromatic heterocycles. The topological polar surface area (TPSA) is 42.4 Å². The summed E-state index contributed by atoms with van der Waals surface area (Å²) in [4.78, 5) is 2.95. The van der Waals surface area contributed by atoms with Crippen LogP contribution in [0.2, 0.25) is 0 Å². The molecule has 0 spiro atoms. The van der Waals surface area contributed by atoms with Crippen molar-refractivity contribution in [2.45, 2.75) is 18.8 Å². The molecule has 90 valence electrons. The first-order valence-electron chi connectivity index (χ1n) is 3.98. The van der Waals surface area contributed by atoms with Gasteiger partial charge in [-0.1, -0.05) is 0 Å². The number of rotatable bonds is 3. The third kappa shape index (κ3) is 3.21. The number of halogens is 5. The summed E-state index contributed by atoms with van der Waals surface area (Å²) in [6.45, 7) is -0.685. The molecule has 16 heavy (non-hydrogen) atoms. The van der Waals surface area contributed by atoms with Crippen LogP contribution in [0.15, 0.2) is 6.07 Å². The van der Waals surface area contributed by atoms with Crippen molar-refractivity contribution in [1.82, 2.24) is 4.98 Å². The van der Waals surface area contributed by atoms with Crippen LogP contribution in [0.5, 0.6) is 5.88 Å². The van der Waals surface area contributed by atoms with Gasteiger partial charge in [0, 0.05) is 11.1 Å². The minimum Gasteiger partial charge on any atom is -0.392 e. The Bertz CT molecular complexity index is 383. The lowest BCUT2D eigenvalue weighted by atomic mass is 10.2. The van der Waals surface area contributed by atoms with Crippen LogP contribution < -0.4 is 4.74 Å². The van der Waals surface area contributed by atoms with E-state index < -0.39 is 24.8 Å². The van der Waals surface area contributed by atoms with Gasteiger partial charge in [0.05, 0.1) is 12.5 Å². The summed E-state index contributed by atoms with van der Waals surface area (Å²) in [5, 5.41) is 8.68. The van der Waals surface area contributed by atoms with E-state index in [2.05, 4.69) is 9.72 Å². The maximum atomic E-state index is 13.0. The first-order chi connectivity index (χ1) is 7.37. The van der Waals surface area contributed by atoms with Crippen LogP contribution >= 0.6 is 11.6 Å². The third-order valence-electron chi connectivity index (χ3n) is 1.61. The van der Waals surface area contributed by atoms with Gasteiger partial charge in [-0.3, -0.25) is 0 Å². The highest BCUT2D eigenvalue weighted by Gasteiger charge is 2.33. The second kappa shape index (κ2) is 4.84. The highest BCUT2D eigenvalue weighted by Crippen LogP contribution is 2.27. The molecule has 1 heterocycles. The molecule has 0 aromatic carbocycles. The van der Waals surface area contributed by atoms with Crippen molar-refractivity contribution in [3.8, 4) is 5.88 Å². The van der Waals surface area contributed by atoms with Crippen LogP contribution in [-0.2, 0) is 12.5 Å². The van der Waals surface area contributed by atoms with E-state index in [-0.39, 0.29) is 17.0 Å². The number of alkyl halides is 4. The quantitative estimate of drug-likeness (QED) is 0.515. The van der Waals surface area contributed by atoms with E-state index in [4.69, 9.17) is 16.7 Å². The largest absolute Gasteiger partial charge is 0.574 e. The molecule has 1 aromatic rings. The van der Waals surface area contributed by atoms with Crippen LogP contribution in [-0.4, -0.2) is 16.5 Å². The van der Waals surface area contributed by atoms with Gasteiger partial charge in [0.2, 0.25) is 11.8 Å². The van der Waals surface area contributed by atoms with Gasteiger partial charge in [-0.05, 0) is 6.07 Å². The van der Waals surface area contributed by atoms with E-state index in [0.29, 0.717) is 0 Å². The van der Waals surface area contributed by atoms with Crippen molar-refractivity contribution < 1.29 is 27.4 Å². The fourth-order valence-corrected chi connectivity index (χ4v) is 1.16. The second-order valence-electron chi connectivity index (χ2n) is 2.74. The van der Waals surface area contributed by atoms with Crippen LogP contribution in [0, 0.1) is 5.95 Å². The Morgan fingerprint density at radius 3 is 2.44 bits per heavy atom. The fraction of sp³-hybridized carbons (Fsp3) is 0.375. The lowest BCUT2D eigenvalue weighted by Gasteiger charge is -2.12. The smallest absolute Gasteiger partial charge is 0.392 e. The minimum absolute atomic E-state index is 0.149. The van der Waals surface area contributed by atoms with Gasteiger partial charge in [0.15, 0.2) is 0 Å². The molecule has 0 bridgehead atoms. The van der Waals surface area contributed by atoms with E-state index in [1.54, 1.807) is 0 Å². The zero-order valence-electron chi connectivity index (χ0n) is 7.68. The molecule has 0 aliphatic rings. The molecule has 1 rings (SSSR count). The average Bonchev–Trinajstić information content (AvgIpc) is 2.16. The number of hydrogen-bond donors (Lipinski definition) is 1. The highest BCUT2D eigenvalue weighted by molar-refractivity contribution is 6.17.